The number of hydrogen-bond donors (Lipinski definition) is 0. The smallest absolute Gasteiger partial charge is 0.0674 e. The molecule has 0 amide bonds. The minimum atomic E-state index is 0.392. The maximum absolute atomic E-state index is 5.48. The van der Waals surface area contributed by atoms with E-state index in [1.165, 1.54) is 0 Å². The van der Waals surface area contributed by atoms with Crippen molar-refractivity contribution in [1.29, 1.82) is 0 Å². The van der Waals surface area contributed by atoms with Crippen LogP contribution in [0.15, 0.2) is 0 Å². The van der Waals surface area contributed by atoms with Crippen LogP contribution >= 0.6 is 0 Å². The molecule has 1 fully saturated rings. The van der Waals surface area contributed by atoms with E-state index in [2.05, 4.69) is 18.7 Å². The molecule has 0 spiro atoms. The Balaban J connectivity index is 2.19. The molecule has 13 heavy (non-hydrogen) atoms. The Labute approximate surface area is 81.0 Å². The fraction of sp³-hybridized carbons (Fsp3) is 1.00. The Bertz CT molecular complexity index is 141. The molecule has 3 nitrogen and oxygen atoms in total. The van der Waals surface area contributed by atoms with E-state index in [9.17, 15) is 0 Å². The number of ether oxygens (including phenoxy) is 2. The summed E-state index contributed by atoms with van der Waals surface area (Å²) >= 11 is 0. The summed E-state index contributed by atoms with van der Waals surface area (Å²) in [5, 5.41) is 0. The van der Waals surface area contributed by atoms with E-state index in [-0.39, 0.29) is 0 Å². The molecule has 0 aromatic carbocycles. The number of morpholine rings is 1. The molecule has 3 heteroatoms. The third-order valence-electron chi connectivity index (χ3n) is 2.35. The molecule has 1 heterocycles. The topological polar surface area (TPSA) is 21.7 Å². The van der Waals surface area contributed by atoms with Crippen LogP contribution in [-0.2, 0) is 9.47 Å². The Morgan fingerprint density at radius 1 is 1.62 bits per heavy atom. The van der Waals surface area contributed by atoms with Gasteiger partial charge in [0.15, 0.2) is 0 Å². The van der Waals surface area contributed by atoms with Gasteiger partial charge in [0.25, 0.3) is 0 Å². The van der Waals surface area contributed by atoms with Gasteiger partial charge in [-0.25, -0.2) is 0 Å². The Morgan fingerprint density at radius 2 is 2.38 bits per heavy atom. The van der Waals surface area contributed by atoms with Crippen molar-refractivity contribution in [3.63, 3.8) is 0 Å². The van der Waals surface area contributed by atoms with Gasteiger partial charge in [-0.3, -0.25) is 4.90 Å². The third-order valence-corrected chi connectivity index (χ3v) is 2.35. The lowest BCUT2D eigenvalue weighted by atomic mass is 10.1. The zero-order chi connectivity index (χ0) is 9.68. The molecule has 0 aromatic heterocycles. The van der Waals surface area contributed by atoms with Crippen LogP contribution < -0.4 is 0 Å². The maximum Gasteiger partial charge on any atom is 0.0674 e. The molecule has 78 valence electrons. The lowest BCUT2D eigenvalue weighted by Crippen LogP contribution is -2.43. The van der Waals surface area contributed by atoms with Gasteiger partial charge >= 0.3 is 0 Å². The number of hydrogen-bond acceptors (Lipinski definition) is 3. The number of methoxy groups -OCH3 is 1. The summed E-state index contributed by atoms with van der Waals surface area (Å²) in [6.45, 7) is 9.34. The van der Waals surface area contributed by atoms with Gasteiger partial charge in [-0.05, 0) is 12.8 Å². The van der Waals surface area contributed by atoms with Gasteiger partial charge in [-0.2, -0.15) is 0 Å². The van der Waals surface area contributed by atoms with Crippen LogP contribution in [0.3, 0.4) is 0 Å². The van der Waals surface area contributed by atoms with Crippen LogP contribution in [-0.4, -0.2) is 51.0 Å². The highest BCUT2D eigenvalue weighted by Gasteiger charge is 2.17. The van der Waals surface area contributed by atoms with Gasteiger partial charge in [-0.15, -0.1) is 0 Å². The molecule has 0 saturated carbocycles. The molecule has 0 aliphatic carbocycles. The van der Waals surface area contributed by atoms with Crippen molar-refractivity contribution >= 4 is 0 Å². The first-order chi connectivity index (χ1) is 6.22. The summed E-state index contributed by atoms with van der Waals surface area (Å²) in [7, 11) is 1.76. The van der Waals surface area contributed by atoms with E-state index in [0.29, 0.717) is 12.0 Å². The summed E-state index contributed by atoms with van der Waals surface area (Å²) in [6.07, 6.45) is 0.392. The van der Waals surface area contributed by atoms with Crippen molar-refractivity contribution in [2.45, 2.75) is 20.0 Å². The lowest BCUT2D eigenvalue weighted by molar-refractivity contribution is -0.0257. The molecule has 0 bridgehead atoms. The minimum absolute atomic E-state index is 0.392. The quantitative estimate of drug-likeness (QED) is 0.655. The summed E-state index contributed by atoms with van der Waals surface area (Å²) < 4.78 is 10.6. The zero-order valence-corrected chi connectivity index (χ0v) is 8.95. The van der Waals surface area contributed by atoms with Gasteiger partial charge in [0.2, 0.25) is 0 Å². The third kappa shape index (κ3) is 4.07. The normalized spacial score (nSPS) is 27.5. The molecule has 0 unspecified atom stereocenters. The van der Waals surface area contributed by atoms with Crippen LogP contribution in [0.2, 0.25) is 0 Å². The van der Waals surface area contributed by atoms with Crippen molar-refractivity contribution < 1.29 is 9.47 Å². The molecule has 1 aliphatic heterocycles. The monoisotopic (exact) mass is 187 g/mol. The van der Waals surface area contributed by atoms with Crippen LogP contribution in [0.5, 0.6) is 0 Å². The predicted octanol–water partition coefficient (Wildman–Crippen LogP) is 0.990. The molecule has 0 radical (unpaired) electrons. The molecule has 1 saturated heterocycles. The van der Waals surface area contributed by atoms with E-state index in [0.717, 1.165) is 32.8 Å². The van der Waals surface area contributed by atoms with Crippen LogP contribution in [0, 0.1) is 5.92 Å². The molecule has 2 atom stereocenters. The first-order valence-corrected chi connectivity index (χ1v) is 5.05. The van der Waals surface area contributed by atoms with Gasteiger partial charge in [-0.1, -0.05) is 6.92 Å². The number of nitrogens with zero attached hydrogens (tertiary/aromatic N) is 1. The molecule has 1 aliphatic rings. The van der Waals surface area contributed by atoms with Gasteiger partial charge in [0, 0.05) is 33.4 Å². The average Bonchev–Trinajstić information content (AvgIpc) is 2.04. The zero-order valence-electron chi connectivity index (χ0n) is 8.95. The maximum atomic E-state index is 5.48. The standard InChI is InChI=1S/C10H21NO2/c1-9(8-12-3)6-11-4-5-13-10(2)7-11/h9-10H,4-8H2,1-3H3/t9-,10-/m0/s1. The van der Waals surface area contributed by atoms with Crippen LogP contribution in [0.4, 0.5) is 0 Å². The molecule has 1 rings (SSSR count). The molecular formula is C10H21NO2. The number of rotatable bonds is 4. The fourth-order valence-corrected chi connectivity index (χ4v) is 1.83. The summed E-state index contributed by atoms with van der Waals surface area (Å²) in [5.41, 5.74) is 0. The highest BCUT2D eigenvalue weighted by molar-refractivity contribution is 4.69. The Hall–Kier alpha value is -0.120. The minimum Gasteiger partial charge on any atom is -0.384 e. The van der Waals surface area contributed by atoms with Gasteiger partial charge in [0.05, 0.1) is 12.7 Å². The van der Waals surface area contributed by atoms with Crippen LogP contribution in [0.1, 0.15) is 13.8 Å². The highest BCUT2D eigenvalue weighted by Crippen LogP contribution is 2.07. The van der Waals surface area contributed by atoms with E-state index in [1.807, 2.05) is 0 Å². The fourth-order valence-electron chi connectivity index (χ4n) is 1.83. The predicted molar refractivity (Wildman–Crippen MR) is 52.9 cm³/mol. The largest absolute Gasteiger partial charge is 0.384 e. The van der Waals surface area contributed by atoms with E-state index in [1.54, 1.807) is 7.11 Å². The molecule has 0 N–H and O–H groups in total. The van der Waals surface area contributed by atoms with E-state index < -0.39 is 0 Å². The average molecular weight is 187 g/mol. The Morgan fingerprint density at radius 3 is 3.00 bits per heavy atom. The second kappa shape index (κ2) is 5.58. The van der Waals surface area contributed by atoms with Crippen molar-refractivity contribution in [3.8, 4) is 0 Å². The summed E-state index contributed by atoms with van der Waals surface area (Å²) in [4.78, 5) is 2.46. The van der Waals surface area contributed by atoms with Gasteiger partial charge < -0.3 is 9.47 Å². The first-order valence-electron chi connectivity index (χ1n) is 5.05. The van der Waals surface area contributed by atoms with Crippen molar-refractivity contribution in [3.05, 3.63) is 0 Å². The first kappa shape index (κ1) is 11.0. The second-order valence-electron chi connectivity index (χ2n) is 4.00. The summed E-state index contributed by atoms with van der Waals surface area (Å²) in [6, 6.07) is 0. The summed E-state index contributed by atoms with van der Waals surface area (Å²) in [5.74, 6) is 0.621. The molecule has 0 aromatic rings. The Kier molecular flexibility index (Phi) is 4.70. The lowest BCUT2D eigenvalue weighted by Gasteiger charge is -2.32. The van der Waals surface area contributed by atoms with Crippen molar-refractivity contribution in [2.24, 2.45) is 5.92 Å². The van der Waals surface area contributed by atoms with Gasteiger partial charge in [0.1, 0.15) is 0 Å². The second-order valence-corrected chi connectivity index (χ2v) is 4.00. The highest BCUT2D eigenvalue weighted by atomic mass is 16.5. The molecular weight excluding hydrogens is 166 g/mol. The SMILES string of the molecule is COC[C@@H](C)CN1CCO[C@@H](C)C1. The van der Waals surface area contributed by atoms with Crippen molar-refractivity contribution in [1.82, 2.24) is 4.90 Å². The van der Waals surface area contributed by atoms with Crippen LogP contribution in [0.25, 0.3) is 0 Å². The van der Waals surface area contributed by atoms with Crippen molar-refractivity contribution in [2.75, 3.05) is 40.0 Å². The van der Waals surface area contributed by atoms with E-state index >= 15 is 0 Å². The van der Waals surface area contributed by atoms with E-state index in [4.69, 9.17) is 9.47 Å².